The molecule has 1 aromatic heterocycles. The minimum absolute atomic E-state index is 0.300. The quantitative estimate of drug-likeness (QED) is 0.279. The molecular formula is C12H5F5O3. The van der Waals surface area contributed by atoms with E-state index in [0.717, 1.165) is 6.07 Å². The van der Waals surface area contributed by atoms with Gasteiger partial charge in [0.1, 0.15) is 5.76 Å². The number of rotatable bonds is 2. The summed E-state index contributed by atoms with van der Waals surface area (Å²) in [5.41, 5.74) is 0. The zero-order valence-electron chi connectivity index (χ0n) is 9.77. The highest BCUT2D eigenvalue weighted by Crippen LogP contribution is 2.29. The van der Waals surface area contributed by atoms with E-state index in [1.54, 1.807) is 0 Å². The lowest BCUT2D eigenvalue weighted by atomic mass is 10.2. The molecule has 0 aliphatic rings. The fourth-order valence-electron chi connectivity index (χ4n) is 1.36. The first-order valence-electron chi connectivity index (χ1n) is 5.13. The van der Waals surface area contributed by atoms with Crippen molar-refractivity contribution in [3.63, 3.8) is 0 Å². The second kappa shape index (κ2) is 4.95. The van der Waals surface area contributed by atoms with E-state index in [0.29, 0.717) is 5.76 Å². The van der Waals surface area contributed by atoms with Gasteiger partial charge in [0, 0.05) is 0 Å². The van der Waals surface area contributed by atoms with E-state index >= 15 is 0 Å². The molecule has 0 unspecified atom stereocenters. The summed E-state index contributed by atoms with van der Waals surface area (Å²) in [4.78, 5) is 11.5. The molecule has 1 aromatic carbocycles. The molecule has 0 radical (unpaired) electrons. The van der Waals surface area contributed by atoms with Gasteiger partial charge in [-0.05, 0) is 19.1 Å². The first kappa shape index (κ1) is 14.0. The van der Waals surface area contributed by atoms with Crippen molar-refractivity contribution in [1.82, 2.24) is 0 Å². The molecule has 0 atom stereocenters. The minimum Gasteiger partial charge on any atom is -0.454 e. The fraction of sp³-hybridized carbons (Fsp3) is 0.0833. The Morgan fingerprint density at radius 1 is 0.950 bits per heavy atom. The first-order chi connectivity index (χ1) is 9.32. The predicted molar refractivity (Wildman–Crippen MR) is 54.6 cm³/mol. The number of carbonyl (C=O) groups is 1. The molecule has 0 saturated heterocycles. The van der Waals surface area contributed by atoms with E-state index in [9.17, 15) is 26.7 Å². The number of halogens is 5. The number of carbonyl (C=O) groups excluding carboxylic acids is 1. The van der Waals surface area contributed by atoms with Crippen molar-refractivity contribution in [2.24, 2.45) is 0 Å². The van der Waals surface area contributed by atoms with Crippen LogP contribution in [0.1, 0.15) is 16.3 Å². The normalized spacial score (nSPS) is 10.7. The summed E-state index contributed by atoms with van der Waals surface area (Å²) in [6.45, 7) is 1.48. The fourth-order valence-corrected chi connectivity index (χ4v) is 1.36. The van der Waals surface area contributed by atoms with Gasteiger partial charge in [-0.3, -0.25) is 0 Å². The summed E-state index contributed by atoms with van der Waals surface area (Å²) >= 11 is 0. The van der Waals surface area contributed by atoms with Crippen LogP contribution in [0.25, 0.3) is 0 Å². The Kier molecular flexibility index (Phi) is 3.47. The monoisotopic (exact) mass is 292 g/mol. The summed E-state index contributed by atoms with van der Waals surface area (Å²) in [5, 5.41) is 0. The Hall–Kier alpha value is -2.38. The van der Waals surface area contributed by atoms with E-state index in [1.807, 2.05) is 0 Å². The standard InChI is InChI=1S/C12H5F5O3/c1-4-2-3-5(19-4)12(18)20-11-9(16)7(14)6(13)8(15)10(11)17/h2-3H,1H3. The molecule has 20 heavy (non-hydrogen) atoms. The molecule has 0 aliphatic carbocycles. The lowest BCUT2D eigenvalue weighted by Gasteiger charge is -2.07. The third kappa shape index (κ3) is 2.24. The maximum absolute atomic E-state index is 13.3. The lowest BCUT2D eigenvalue weighted by molar-refractivity contribution is 0.0681. The molecule has 0 amide bonds. The zero-order valence-corrected chi connectivity index (χ0v) is 9.77. The Morgan fingerprint density at radius 2 is 1.45 bits per heavy atom. The number of esters is 1. The Morgan fingerprint density at radius 3 is 1.90 bits per heavy atom. The molecule has 2 rings (SSSR count). The molecule has 106 valence electrons. The van der Waals surface area contributed by atoms with Gasteiger partial charge in [0.05, 0.1) is 0 Å². The second-order valence-electron chi connectivity index (χ2n) is 3.70. The summed E-state index contributed by atoms with van der Waals surface area (Å²) in [6, 6.07) is 2.48. The molecule has 1 heterocycles. The Bertz CT molecular complexity index is 664. The van der Waals surface area contributed by atoms with E-state index in [1.165, 1.54) is 13.0 Å². The van der Waals surface area contributed by atoms with Crippen LogP contribution in [-0.4, -0.2) is 5.97 Å². The van der Waals surface area contributed by atoms with E-state index in [-0.39, 0.29) is 0 Å². The van der Waals surface area contributed by atoms with Crippen LogP contribution in [0.3, 0.4) is 0 Å². The molecule has 0 aliphatic heterocycles. The molecule has 2 aromatic rings. The van der Waals surface area contributed by atoms with Crippen LogP contribution >= 0.6 is 0 Å². The average molecular weight is 292 g/mol. The molecule has 3 nitrogen and oxygen atoms in total. The highest BCUT2D eigenvalue weighted by molar-refractivity contribution is 5.88. The predicted octanol–water partition coefficient (Wildman–Crippen LogP) is 3.50. The van der Waals surface area contributed by atoms with E-state index in [2.05, 4.69) is 4.74 Å². The molecule has 8 heteroatoms. The summed E-state index contributed by atoms with van der Waals surface area (Å²) in [7, 11) is 0. The summed E-state index contributed by atoms with van der Waals surface area (Å²) < 4.78 is 74.0. The third-order valence-electron chi connectivity index (χ3n) is 2.31. The van der Waals surface area contributed by atoms with Gasteiger partial charge in [0.15, 0.2) is 0 Å². The minimum atomic E-state index is -2.34. The summed E-state index contributed by atoms with van der Waals surface area (Å²) in [6.07, 6.45) is 0. The molecule has 0 saturated carbocycles. The van der Waals surface area contributed by atoms with Crippen LogP contribution in [0.4, 0.5) is 22.0 Å². The van der Waals surface area contributed by atoms with E-state index < -0.39 is 46.6 Å². The van der Waals surface area contributed by atoms with E-state index in [4.69, 9.17) is 4.42 Å². The third-order valence-corrected chi connectivity index (χ3v) is 2.31. The van der Waals surface area contributed by atoms with Gasteiger partial charge in [-0.1, -0.05) is 0 Å². The van der Waals surface area contributed by atoms with Crippen molar-refractivity contribution in [1.29, 1.82) is 0 Å². The van der Waals surface area contributed by atoms with Crippen LogP contribution in [-0.2, 0) is 0 Å². The summed E-state index contributed by atoms with van der Waals surface area (Å²) in [5.74, 6) is -14.4. The number of hydrogen-bond acceptors (Lipinski definition) is 3. The average Bonchev–Trinajstić information content (AvgIpc) is 2.85. The lowest BCUT2D eigenvalue weighted by Crippen LogP contribution is -2.13. The van der Waals surface area contributed by atoms with Crippen LogP contribution in [0.2, 0.25) is 0 Å². The largest absolute Gasteiger partial charge is 0.454 e. The van der Waals surface area contributed by atoms with Crippen molar-refractivity contribution >= 4 is 5.97 Å². The number of benzene rings is 1. The number of ether oxygens (including phenoxy) is 1. The molecule has 0 spiro atoms. The van der Waals surface area contributed by atoms with Gasteiger partial charge in [-0.15, -0.1) is 0 Å². The first-order valence-corrected chi connectivity index (χ1v) is 5.13. The highest BCUT2D eigenvalue weighted by atomic mass is 19.2. The second-order valence-corrected chi connectivity index (χ2v) is 3.70. The van der Waals surface area contributed by atoms with Gasteiger partial charge in [-0.2, -0.15) is 8.78 Å². The van der Waals surface area contributed by atoms with Gasteiger partial charge in [0.25, 0.3) is 0 Å². The van der Waals surface area contributed by atoms with Crippen LogP contribution in [0.5, 0.6) is 5.75 Å². The Labute approximate surface area is 108 Å². The molecule has 0 N–H and O–H groups in total. The van der Waals surface area contributed by atoms with Gasteiger partial charge in [-0.25, -0.2) is 18.0 Å². The number of aryl methyl sites for hydroxylation is 1. The topological polar surface area (TPSA) is 39.4 Å². The van der Waals surface area contributed by atoms with Crippen molar-refractivity contribution in [3.8, 4) is 5.75 Å². The highest BCUT2D eigenvalue weighted by Gasteiger charge is 2.29. The number of hydrogen-bond donors (Lipinski definition) is 0. The van der Waals surface area contributed by atoms with Crippen LogP contribution in [0.15, 0.2) is 16.5 Å². The number of furan rings is 1. The maximum Gasteiger partial charge on any atom is 0.379 e. The molecule has 0 fully saturated rings. The zero-order chi connectivity index (χ0) is 15.0. The van der Waals surface area contributed by atoms with Gasteiger partial charge >= 0.3 is 5.97 Å². The maximum atomic E-state index is 13.3. The van der Waals surface area contributed by atoms with Crippen molar-refractivity contribution in [2.75, 3.05) is 0 Å². The molecule has 0 bridgehead atoms. The van der Waals surface area contributed by atoms with Crippen LogP contribution in [0, 0.1) is 36.0 Å². The molecular weight excluding hydrogens is 287 g/mol. The SMILES string of the molecule is Cc1ccc(C(=O)Oc2c(F)c(F)c(F)c(F)c2F)o1. The van der Waals surface area contributed by atoms with Crippen molar-refractivity contribution in [3.05, 3.63) is 52.7 Å². The smallest absolute Gasteiger partial charge is 0.379 e. The van der Waals surface area contributed by atoms with Gasteiger partial charge < -0.3 is 9.15 Å². The van der Waals surface area contributed by atoms with Crippen molar-refractivity contribution < 1.29 is 35.9 Å². The van der Waals surface area contributed by atoms with Crippen LogP contribution < -0.4 is 4.74 Å². The van der Waals surface area contributed by atoms with Crippen molar-refractivity contribution in [2.45, 2.75) is 6.92 Å². The van der Waals surface area contributed by atoms with Gasteiger partial charge in [0.2, 0.25) is 40.6 Å². The Balaban J connectivity index is 2.42.